The molecule has 4 aromatic carbocycles. The molecule has 0 aliphatic rings. The predicted molar refractivity (Wildman–Crippen MR) is 140 cm³/mol. The third-order valence-electron chi connectivity index (χ3n) is 6.49. The van der Waals surface area contributed by atoms with Gasteiger partial charge in [0.2, 0.25) is 0 Å². The molecule has 4 aromatic rings. The fourth-order valence-electron chi connectivity index (χ4n) is 4.65. The van der Waals surface area contributed by atoms with Crippen molar-refractivity contribution in [1.29, 1.82) is 0 Å². The minimum absolute atomic E-state index is 1.12. The summed E-state index contributed by atoms with van der Waals surface area (Å²) in [6.45, 7) is 6.54. The van der Waals surface area contributed by atoms with Gasteiger partial charge in [-0.25, -0.2) is 0 Å². The van der Waals surface area contributed by atoms with E-state index in [0.29, 0.717) is 0 Å². The molecule has 0 radical (unpaired) electrons. The van der Waals surface area contributed by atoms with Crippen LogP contribution in [0.1, 0.15) is 28.7 Å². The number of hydrogen-bond donors (Lipinski definition) is 0. The standard InChI is InChI=1S/C30H33P/c1-24-11-17-28(18-12-24)31(29-19-13-25(2)14-20-29,30-21-15-26(3)16-22-30)23-7-10-27-8-5-4-6-9-27/h4-6,8-9,11-22,31H,7,10,23H2,1-3H3. The first-order valence-corrected chi connectivity index (χ1v) is 13.5. The van der Waals surface area contributed by atoms with Crippen molar-refractivity contribution in [1.82, 2.24) is 0 Å². The van der Waals surface area contributed by atoms with Crippen molar-refractivity contribution in [3.63, 3.8) is 0 Å². The summed E-state index contributed by atoms with van der Waals surface area (Å²) >= 11 is 0. The second-order valence-electron chi connectivity index (χ2n) is 8.84. The van der Waals surface area contributed by atoms with Gasteiger partial charge in [-0.15, -0.1) is 0 Å². The summed E-state index contributed by atoms with van der Waals surface area (Å²) in [6, 6.07) is 39.0. The molecule has 0 saturated heterocycles. The first kappa shape index (κ1) is 21.5. The van der Waals surface area contributed by atoms with Gasteiger partial charge in [0.25, 0.3) is 0 Å². The Labute approximate surface area is 188 Å². The maximum atomic E-state index is 2.39. The Kier molecular flexibility index (Phi) is 6.69. The third kappa shape index (κ3) is 4.81. The van der Waals surface area contributed by atoms with Crippen LogP contribution in [0.25, 0.3) is 0 Å². The van der Waals surface area contributed by atoms with Gasteiger partial charge in [0.1, 0.15) is 0 Å². The quantitative estimate of drug-likeness (QED) is 0.307. The van der Waals surface area contributed by atoms with E-state index in [0.717, 1.165) is 6.42 Å². The van der Waals surface area contributed by atoms with E-state index in [2.05, 4.69) is 124 Å². The molecular weight excluding hydrogens is 391 g/mol. The Bertz CT molecular complexity index is 981. The first-order chi connectivity index (χ1) is 15.1. The van der Waals surface area contributed by atoms with E-state index in [9.17, 15) is 0 Å². The van der Waals surface area contributed by atoms with Gasteiger partial charge in [0.05, 0.1) is 0 Å². The van der Waals surface area contributed by atoms with Crippen LogP contribution in [0.5, 0.6) is 0 Å². The molecule has 0 aliphatic heterocycles. The number of aryl methyl sites for hydroxylation is 4. The van der Waals surface area contributed by atoms with E-state index in [1.54, 1.807) is 0 Å². The predicted octanol–water partition coefficient (Wildman–Crippen LogP) is 6.27. The van der Waals surface area contributed by atoms with E-state index < -0.39 is 7.26 Å². The molecule has 31 heavy (non-hydrogen) atoms. The normalized spacial score (nSPS) is 12.0. The van der Waals surface area contributed by atoms with Gasteiger partial charge < -0.3 is 0 Å². The zero-order valence-corrected chi connectivity index (χ0v) is 19.9. The molecule has 0 nitrogen and oxygen atoms in total. The zero-order valence-electron chi connectivity index (χ0n) is 18.9. The van der Waals surface area contributed by atoms with Gasteiger partial charge in [-0.2, -0.15) is 0 Å². The SMILES string of the molecule is Cc1ccc([PH](CCCc2ccccc2)(c2ccc(C)cc2)c2ccc(C)cc2)cc1. The van der Waals surface area contributed by atoms with Crippen LogP contribution in [0.2, 0.25) is 0 Å². The number of benzene rings is 4. The van der Waals surface area contributed by atoms with Crippen molar-refractivity contribution in [2.45, 2.75) is 33.6 Å². The Morgan fingerprint density at radius 3 is 1.26 bits per heavy atom. The summed E-state index contributed by atoms with van der Waals surface area (Å²) in [4.78, 5) is 0. The molecule has 0 aliphatic carbocycles. The van der Waals surface area contributed by atoms with Crippen molar-refractivity contribution in [3.05, 3.63) is 125 Å². The summed E-state index contributed by atoms with van der Waals surface area (Å²) in [5.41, 5.74) is 5.40. The molecule has 1 heteroatoms. The minimum atomic E-state index is -2.15. The van der Waals surface area contributed by atoms with Gasteiger partial charge in [-0.05, 0) is 0 Å². The van der Waals surface area contributed by atoms with Crippen LogP contribution in [0.15, 0.2) is 103 Å². The maximum absolute atomic E-state index is 2.39. The van der Waals surface area contributed by atoms with Crippen molar-refractivity contribution >= 4 is 23.2 Å². The average Bonchev–Trinajstić information content (AvgIpc) is 2.80. The van der Waals surface area contributed by atoms with Crippen LogP contribution in [0, 0.1) is 20.8 Å². The van der Waals surface area contributed by atoms with Crippen molar-refractivity contribution < 1.29 is 0 Å². The summed E-state index contributed by atoms with van der Waals surface area (Å²) in [7, 11) is -2.15. The fourth-order valence-corrected chi connectivity index (χ4v) is 9.43. The fraction of sp³-hybridized carbons (Fsp3) is 0.200. The molecule has 0 heterocycles. The summed E-state index contributed by atoms with van der Waals surface area (Å²) < 4.78 is 0. The van der Waals surface area contributed by atoms with Gasteiger partial charge in [0, 0.05) is 0 Å². The van der Waals surface area contributed by atoms with E-state index in [4.69, 9.17) is 0 Å². The van der Waals surface area contributed by atoms with Crippen LogP contribution >= 0.6 is 7.26 Å². The van der Waals surface area contributed by atoms with E-state index in [1.165, 1.54) is 50.8 Å². The Balaban J connectivity index is 1.83. The van der Waals surface area contributed by atoms with Crippen molar-refractivity contribution in [3.8, 4) is 0 Å². The average molecular weight is 425 g/mol. The van der Waals surface area contributed by atoms with E-state index >= 15 is 0 Å². The van der Waals surface area contributed by atoms with Crippen LogP contribution in [0.4, 0.5) is 0 Å². The Morgan fingerprint density at radius 2 is 0.871 bits per heavy atom. The molecule has 0 N–H and O–H groups in total. The first-order valence-electron chi connectivity index (χ1n) is 11.3. The van der Waals surface area contributed by atoms with Crippen LogP contribution < -0.4 is 15.9 Å². The van der Waals surface area contributed by atoms with Gasteiger partial charge in [-0.1, -0.05) is 0 Å². The molecule has 0 spiro atoms. The molecule has 0 unspecified atom stereocenters. The molecule has 4 rings (SSSR count). The summed E-state index contributed by atoms with van der Waals surface area (Å²) in [6.07, 6.45) is 3.52. The molecule has 0 aromatic heterocycles. The van der Waals surface area contributed by atoms with Crippen LogP contribution in [0.3, 0.4) is 0 Å². The van der Waals surface area contributed by atoms with Gasteiger partial charge in [0.15, 0.2) is 0 Å². The van der Waals surface area contributed by atoms with E-state index in [1.807, 2.05) is 0 Å². The van der Waals surface area contributed by atoms with Crippen molar-refractivity contribution in [2.75, 3.05) is 6.16 Å². The Hall–Kier alpha value is -2.69. The van der Waals surface area contributed by atoms with Crippen LogP contribution in [-0.4, -0.2) is 6.16 Å². The summed E-state index contributed by atoms with van der Waals surface area (Å²) in [5, 5.41) is 4.54. The van der Waals surface area contributed by atoms with Gasteiger partial charge >= 0.3 is 188 Å². The molecule has 158 valence electrons. The summed E-state index contributed by atoms with van der Waals surface area (Å²) in [5.74, 6) is 0. The topological polar surface area (TPSA) is 0 Å². The van der Waals surface area contributed by atoms with Crippen LogP contribution in [-0.2, 0) is 6.42 Å². The number of hydrogen-bond acceptors (Lipinski definition) is 0. The van der Waals surface area contributed by atoms with E-state index in [-0.39, 0.29) is 0 Å². The number of rotatable bonds is 7. The monoisotopic (exact) mass is 424 g/mol. The van der Waals surface area contributed by atoms with Crippen molar-refractivity contribution in [2.24, 2.45) is 0 Å². The molecule has 0 saturated carbocycles. The molecule has 0 amide bonds. The second kappa shape index (κ2) is 9.63. The zero-order chi connectivity index (χ0) is 21.7. The molecular formula is C30H33P. The molecule has 0 atom stereocenters. The molecule has 0 bridgehead atoms. The van der Waals surface area contributed by atoms with Gasteiger partial charge in [-0.3, -0.25) is 0 Å². The molecule has 0 fully saturated rings. The second-order valence-corrected chi connectivity index (χ2v) is 12.9. The third-order valence-corrected chi connectivity index (χ3v) is 11.6. The Morgan fingerprint density at radius 1 is 0.484 bits per heavy atom.